The maximum atomic E-state index is 4.43. The second-order valence-electron chi connectivity index (χ2n) is 4.01. The van der Waals surface area contributed by atoms with Crippen molar-refractivity contribution >= 4 is 0 Å². The highest BCUT2D eigenvalue weighted by molar-refractivity contribution is 5.66. The molecule has 74 valence electrons. The molecule has 0 saturated heterocycles. The van der Waals surface area contributed by atoms with Crippen LogP contribution >= 0.6 is 0 Å². The van der Waals surface area contributed by atoms with Crippen molar-refractivity contribution in [2.45, 2.75) is 19.3 Å². The number of hydrogen-bond donors (Lipinski definition) is 0. The van der Waals surface area contributed by atoms with E-state index in [1.54, 1.807) is 0 Å². The van der Waals surface area contributed by atoms with Gasteiger partial charge in [0.15, 0.2) is 0 Å². The van der Waals surface area contributed by atoms with Crippen LogP contribution in [0.1, 0.15) is 17.5 Å². The van der Waals surface area contributed by atoms with Crippen LogP contribution in [-0.4, -0.2) is 4.98 Å². The first-order valence-electron chi connectivity index (χ1n) is 5.47. The van der Waals surface area contributed by atoms with Crippen molar-refractivity contribution in [3.8, 4) is 11.3 Å². The number of pyridine rings is 1. The summed E-state index contributed by atoms with van der Waals surface area (Å²) in [5.74, 6) is 0. The molecule has 15 heavy (non-hydrogen) atoms. The van der Waals surface area contributed by atoms with E-state index in [9.17, 15) is 0 Å². The van der Waals surface area contributed by atoms with Crippen molar-refractivity contribution < 1.29 is 0 Å². The summed E-state index contributed by atoms with van der Waals surface area (Å²) in [6.07, 6.45) is 5.60. The molecule has 1 aromatic carbocycles. The molecule has 1 heteroatoms. The van der Waals surface area contributed by atoms with Gasteiger partial charge in [-0.15, -0.1) is 0 Å². The minimum atomic E-state index is 1.11. The Kier molecular flexibility index (Phi) is 2.02. The largest absolute Gasteiger partial charge is 0.256 e. The molecule has 0 aliphatic heterocycles. The van der Waals surface area contributed by atoms with Gasteiger partial charge in [-0.2, -0.15) is 0 Å². The number of fused-ring (bicyclic) bond motifs is 1. The molecule has 0 fully saturated rings. The first-order valence-corrected chi connectivity index (χ1v) is 5.47. The average Bonchev–Trinajstić information content (AvgIpc) is 2.78. The molecule has 1 aromatic heterocycles. The summed E-state index contributed by atoms with van der Waals surface area (Å²) in [6.45, 7) is 0. The van der Waals surface area contributed by atoms with E-state index in [-0.39, 0.29) is 0 Å². The van der Waals surface area contributed by atoms with E-state index >= 15 is 0 Å². The summed E-state index contributed by atoms with van der Waals surface area (Å²) in [5.41, 5.74) is 5.45. The van der Waals surface area contributed by atoms with Gasteiger partial charge in [-0.25, -0.2) is 0 Å². The van der Waals surface area contributed by atoms with Crippen LogP contribution in [-0.2, 0) is 12.8 Å². The van der Waals surface area contributed by atoms with Gasteiger partial charge >= 0.3 is 0 Å². The molecule has 0 atom stereocenters. The molecule has 3 rings (SSSR count). The number of hydrogen-bond acceptors (Lipinski definition) is 1. The average molecular weight is 195 g/mol. The van der Waals surface area contributed by atoms with Gasteiger partial charge in [0, 0.05) is 11.8 Å². The Labute approximate surface area is 89.8 Å². The van der Waals surface area contributed by atoms with Crippen molar-refractivity contribution in [2.24, 2.45) is 0 Å². The lowest BCUT2D eigenvalue weighted by atomic mass is 10.0. The van der Waals surface area contributed by atoms with Crippen LogP contribution in [0.25, 0.3) is 11.3 Å². The van der Waals surface area contributed by atoms with Gasteiger partial charge in [0.25, 0.3) is 0 Å². The minimum Gasteiger partial charge on any atom is -0.256 e. The molecule has 0 bridgehead atoms. The summed E-state index contributed by atoms with van der Waals surface area (Å²) >= 11 is 0. The van der Waals surface area contributed by atoms with Crippen LogP contribution in [0.3, 0.4) is 0 Å². The van der Waals surface area contributed by atoms with Crippen molar-refractivity contribution in [3.63, 3.8) is 0 Å². The lowest BCUT2D eigenvalue weighted by molar-refractivity contribution is 0.912. The fourth-order valence-corrected chi connectivity index (χ4v) is 2.38. The fraction of sp³-hybridized carbons (Fsp3) is 0.214. The molecule has 2 aromatic rings. The van der Waals surface area contributed by atoms with Crippen molar-refractivity contribution in [3.05, 3.63) is 53.7 Å². The fourth-order valence-electron chi connectivity index (χ4n) is 2.38. The molecule has 0 saturated carbocycles. The number of aryl methyl sites for hydroxylation is 1. The standard InChI is InChI=1S/C14H13N/c1-2-10-15-14(9-1)13-8-4-6-11-5-3-7-12(11)13/h1-2,4,6,8-10H,3,5,7H2. The highest BCUT2D eigenvalue weighted by atomic mass is 14.7. The third-order valence-electron chi connectivity index (χ3n) is 3.09. The summed E-state index contributed by atoms with van der Waals surface area (Å²) in [4.78, 5) is 4.43. The van der Waals surface area contributed by atoms with Gasteiger partial charge in [-0.05, 0) is 42.5 Å². The Bertz CT molecular complexity index is 474. The van der Waals surface area contributed by atoms with E-state index in [1.807, 2.05) is 12.3 Å². The Morgan fingerprint density at radius 3 is 2.80 bits per heavy atom. The Morgan fingerprint density at radius 1 is 0.933 bits per heavy atom. The van der Waals surface area contributed by atoms with Gasteiger partial charge in [-0.3, -0.25) is 4.98 Å². The van der Waals surface area contributed by atoms with E-state index < -0.39 is 0 Å². The maximum Gasteiger partial charge on any atom is 0.0704 e. The first kappa shape index (κ1) is 8.66. The molecular weight excluding hydrogens is 182 g/mol. The van der Waals surface area contributed by atoms with Gasteiger partial charge in [0.2, 0.25) is 0 Å². The van der Waals surface area contributed by atoms with E-state index in [0.717, 1.165) is 5.69 Å². The van der Waals surface area contributed by atoms with Crippen LogP contribution in [0, 0.1) is 0 Å². The van der Waals surface area contributed by atoms with E-state index in [1.165, 1.54) is 36.0 Å². The maximum absolute atomic E-state index is 4.43. The van der Waals surface area contributed by atoms with Gasteiger partial charge < -0.3 is 0 Å². The molecular formula is C14H13N. The number of aromatic nitrogens is 1. The molecule has 0 N–H and O–H groups in total. The van der Waals surface area contributed by atoms with E-state index in [0.29, 0.717) is 0 Å². The van der Waals surface area contributed by atoms with E-state index in [4.69, 9.17) is 0 Å². The molecule has 1 aliphatic carbocycles. The Balaban J connectivity index is 2.17. The number of nitrogens with zero attached hydrogens (tertiary/aromatic N) is 1. The smallest absolute Gasteiger partial charge is 0.0704 e. The highest BCUT2D eigenvalue weighted by Gasteiger charge is 2.15. The minimum absolute atomic E-state index is 1.11. The van der Waals surface area contributed by atoms with Crippen LogP contribution in [0.5, 0.6) is 0 Å². The normalized spacial score (nSPS) is 13.9. The van der Waals surface area contributed by atoms with Gasteiger partial charge in [-0.1, -0.05) is 24.3 Å². The molecule has 0 amide bonds. The molecule has 1 heterocycles. The predicted octanol–water partition coefficient (Wildman–Crippen LogP) is 3.24. The summed E-state index contributed by atoms with van der Waals surface area (Å²) in [5, 5.41) is 0. The lowest BCUT2D eigenvalue weighted by Gasteiger charge is -2.06. The summed E-state index contributed by atoms with van der Waals surface area (Å²) in [6, 6.07) is 12.7. The lowest BCUT2D eigenvalue weighted by Crippen LogP contribution is -1.89. The molecule has 0 spiro atoms. The van der Waals surface area contributed by atoms with Crippen molar-refractivity contribution in [1.29, 1.82) is 0 Å². The van der Waals surface area contributed by atoms with Gasteiger partial charge in [0.1, 0.15) is 0 Å². The Hall–Kier alpha value is -1.63. The van der Waals surface area contributed by atoms with E-state index in [2.05, 4.69) is 35.3 Å². The van der Waals surface area contributed by atoms with Crippen LogP contribution in [0.4, 0.5) is 0 Å². The second kappa shape index (κ2) is 3.50. The molecule has 1 nitrogen and oxygen atoms in total. The van der Waals surface area contributed by atoms with Gasteiger partial charge in [0.05, 0.1) is 5.69 Å². The van der Waals surface area contributed by atoms with Crippen molar-refractivity contribution in [2.75, 3.05) is 0 Å². The van der Waals surface area contributed by atoms with Crippen LogP contribution in [0.15, 0.2) is 42.6 Å². The molecule has 0 unspecified atom stereocenters. The third-order valence-corrected chi connectivity index (χ3v) is 3.09. The SMILES string of the molecule is c1ccc(-c2cccc3c2CCC3)nc1. The zero-order valence-electron chi connectivity index (χ0n) is 8.61. The quantitative estimate of drug-likeness (QED) is 0.680. The monoisotopic (exact) mass is 195 g/mol. The predicted molar refractivity (Wildman–Crippen MR) is 61.7 cm³/mol. The second-order valence-corrected chi connectivity index (χ2v) is 4.01. The molecule has 1 aliphatic rings. The Morgan fingerprint density at radius 2 is 1.93 bits per heavy atom. The van der Waals surface area contributed by atoms with Crippen LogP contribution < -0.4 is 0 Å². The number of rotatable bonds is 1. The zero-order chi connectivity index (χ0) is 10.1. The first-order chi connectivity index (χ1) is 7.45. The van der Waals surface area contributed by atoms with Crippen molar-refractivity contribution in [1.82, 2.24) is 4.98 Å². The van der Waals surface area contributed by atoms with Crippen LogP contribution in [0.2, 0.25) is 0 Å². The topological polar surface area (TPSA) is 12.9 Å². The molecule has 0 radical (unpaired) electrons. The number of benzene rings is 1. The highest BCUT2D eigenvalue weighted by Crippen LogP contribution is 2.30. The summed E-state index contributed by atoms with van der Waals surface area (Å²) < 4.78 is 0. The summed E-state index contributed by atoms with van der Waals surface area (Å²) in [7, 11) is 0. The zero-order valence-corrected chi connectivity index (χ0v) is 8.61. The third kappa shape index (κ3) is 1.44.